The smallest absolute Gasteiger partial charge is 0.238 e. The highest BCUT2D eigenvalue weighted by Crippen LogP contribution is 2.44. The normalized spacial score (nSPS) is 11.9. The van der Waals surface area contributed by atoms with Gasteiger partial charge >= 0.3 is 0 Å². The number of hydrogen-bond acceptors (Lipinski definition) is 5. The van der Waals surface area contributed by atoms with Gasteiger partial charge in [0.15, 0.2) is 11.6 Å². The molecule has 0 aliphatic rings. The van der Waals surface area contributed by atoms with Gasteiger partial charge in [-0.1, -0.05) is 164 Å². The number of fused-ring (bicyclic) bond motifs is 11. The average Bonchev–Trinajstić information content (AvgIpc) is 4.02. The Bertz CT molecular complexity index is 3880. The molecule has 0 saturated carbocycles. The van der Waals surface area contributed by atoms with E-state index in [-0.39, 0.29) is 0 Å². The minimum atomic E-state index is 0.555. The summed E-state index contributed by atoms with van der Waals surface area (Å²) in [6, 6.07) is 68.4. The number of benzene rings is 9. The number of hydrogen-bond donors (Lipinski definition) is 0. The van der Waals surface area contributed by atoms with E-state index >= 15 is 0 Å². The van der Waals surface area contributed by atoms with Gasteiger partial charge in [0, 0.05) is 38.2 Å². The molecule has 0 aliphatic carbocycles. The van der Waals surface area contributed by atoms with Crippen LogP contribution in [0.3, 0.4) is 0 Å². The van der Waals surface area contributed by atoms with Crippen molar-refractivity contribution in [2.24, 2.45) is 0 Å². The first-order valence-electron chi connectivity index (χ1n) is 20.4. The molecule has 0 amide bonds. The second-order valence-corrected chi connectivity index (χ2v) is 16.4. The zero-order valence-corrected chi connectivity index (χ0v) is 33.4. The number of para-hydroxylation sites is 2. The summed E-state index contributed by atoms with van der Waals surface area (Å²) < 4.78 is 5.83. The highest BCUT2D eigenvalue weighted by molar-refractivity contribution is 7.22. The van der Waals surface area contributed by atoms with E-state index in [1.165, 1.54) is 10.8 Å². The average molecular weight is 797 g/mol. The van der Waals surface area contributed by atoms with Crippen molar-refractivity contribution in [1.82, 2.24) is 29.1 Å². The van der Waals surface area contributed by atoms with Gasteiger partial charge in [-0.2, -0.15) is 9.97 Å². The first-order valence-corrected chi connectivity index (χ1v) is 21.2. The summed E-state index contributed by atoms with van der Waals surface area (Å²) in [6.07, 6.45) is 0. The van der Waals surface area contributed by atoms with Crippen LogP contribution in [0.1, 0.15) is 0 Å². The molecule has 0 spiro atoms. The molecule has 9 aromatic carbocycles. The van der Waals surface area contributed by atoms with Crippen LogP contribution in [0, 0.1) is 0 Å². The first kappa shape index (κ1) is 33.9. The minimum absolute atomic E-state index is 0.555. The zero-order valence-electron chi connectivity index (χ0n) is 32.6. The van der Waals surface area contributed by atoms with E-state index in [9.17, 15) is 0 Å². The topological polar surface area (TPSA) is 61.4 Å². The Morgan fingerprint density at radius 1 is 0.377 bits per heavy atom. The van der Waals surface area contributed by atoms with Crippen molar-refractivity contribution in [3.63, 3.8) is 0 Å². The van der Waals surface area contributed by atoms with E-state index in [0.29, 0.717) is 17.6 Å². The van der Waals surface area contributed by atoms with Gasteiger partial charge in [-0.25, -0.2) is 9.97 Å². The quantitative estimate of drug-likeness (QED) is 0.163. The van der Waals surface area contributed by atoms with Crippen molar-refractivity contribution >= 4 is 86.7 Å². The largest absolute Gasteiger partial charge is 0.306 e. The Kier molecular flexibility index (Phi) is 7.37. The predicted octanol–water partition coefficient (Wildman–Crippen LogP) is 14.0. The molecular weight excluding hydrogens is 765 g/mol. The van der Waals surface area contributed by atoms with E-state index in [1.54, 1.807) is 11.3 Å². The van der Waals surface area contributed by atoms with Crippen LogP contribution in [-0.2, 0) is 0 Å². The van der Waals surface area contributed by atoms with Gasteiger partial charge in [-0.3, -0.25) is 4.57 Å². The van der Waals surface area contributed by atoms with E-state index in [2.05, 4.69) is 179 Å². The molecule has 0 aliphatic heterocycles. The van der Waals surface area contributed by atoms with E-state index in [4.69, 9.17) is 19.9 Å². The van der Waals surface area contributed by atoms with Crippen LogP contribution < -0.4 is 0 Å². The van der Waals surface area contributed by atoms with Gasteiger partial charge in [0.1, 0.15) is 5.01 Å². The van der Waals surface area contributed by atoms with Crippen LogP contribution in [0.25, 0.3) is 120 Å². The van der Waals surface area contributed by atoms with Crippen molar-refractivity contribution in [2.45, 2.75) is 0 Å². The fraction of sp³-hybridized carbons (Fsp3) is 0. The molecule has 284 valence electrons. The molecule has 7 heteroatoms. The third-order valence-corrected chi connectivity index (χ3v) is 13.1. The second-order valence-electron chi connectivity index (χ2n) is 15.4. The Balaban J connectivity index is 1.17. The van der Waals surface area contributed by atoms with E-state index in [0.717, 1.165) is 92.0 Å². The van der Waals surface area contributed by atoms with Crippen LogP contribution in [0.5, 0.6) is 0 Å². The summed E-state index contributed by atoms with van der Waals surface area (Å²) >= 11 is 1.73. The summed E-state index contributed by atoms with van der Waals surface area (Å²) in [4.78, 5) is 21.3. The Morgan fingerprint density at radius 2 is 0.951 bits per heavy atom. The van der Waals surface area contributed by atoms with Crippen LogP contribution >= 0.6 is 11.3 Å². The maximum absolute atomic E-state index is 5.50. The Morgan fingerprint density at radius 3 is 1.69 bits per heavy atom. The van der Waals surface area contributed by atoms with E-state index < -0.39 is 0 Å². The fourth-order valence-corrected chi connectivity index (χ4v) is 10.4. The highest BCUT2D eigenvalue weighted by Gasteiger charge is 2.25. The molecule has 0 fully saturated rings. The van der Waals surface area contributed by atoms with E-state index in [1.807, 2.05) is 24.3 Å². The number of rotatable bonds is 5. The lowest BCUT2D eigenvalue weighted by Gasteiger charge is -2.15. The third-order valence-electron chi connectivity index (χ3n) is 12.0. The van der Waals surface area contributed by atoms with Crippen LogP contribution in [-0.4, -0.2) is 29.1 Å². The van der Waals surface area contributed by atoms with Crippen LogP contribution in [0.4, 0.5) is 0 Å². The summed E-state index contributed by atoms with van der Waals surface area (Å²) in [5.74, 6) is 1.78. The maximum atomic E-state index is 5.50. The van der Waals surface area contributed by atoms with Gasteiger partial charge in [0.2, 0.25) is 5.95 Å². The van der Waals surface area contributed by atoms with Gasteiger partial charge in [0.05, 0.1) is 38.0 Å². The van der Waals surface area contributed by atoms with Crippen molar-refractivity contribution < 1.29 is 0 Å². The van der Waals surface area contributed by atoms with Gasteiger partial charge in [0.25, 0.3) is 0 Å². The Labute approximate surface area is 353 Å². The molecule has 4 aromatic heterocycles. The van der Waals surface area contributed by atoms with Gasteiger partial charge in [-0.15, -0.1) is 11.3 Å². The SMILES string of the molecule is c1ccc(-c2nc(-c3cc4ccccc4c4ccccc34)nc(-n3c4ccccc4c4ccc5c6ccccc6n(-c6cccc7nc(-c8ccccc8)sc67)c5c43)n2)cc1. The number of aromatic nitrogens is 6. The summed E-state index contributed by atoms with van der Waals surface area (Å²) in [7, 11) is 0. The lowest BCUT2D eigenvalue weighted by molar-refractivity contribution is 0.954. The fourth-order valence-electron chi connectivity index (χ4n) is 9.31. The van der Waals surface area contributed by atoms with Crippen LogP contribution in [0.2, 0.25) is 0 Å². The second kappa shape index (κ2) is 13.3. The lowest BCUT2D eigenvalue weighted by atomic mass is 9.97. The van der Waals surface area contributed by atoms with Crippen LogP contribution in [0.15, 0.2) is 194 Å². The molecule has 6 nitrogen and oxygen atoms in total. The maximum Gasteiger partial charge on any atom is 0.238 e. The minimum Gasteiger partial charge on any atom is -0.306 e. The number of thiazole rings is 1. The lowest BCUT2D eigenvalue weighted by Crippen LogP contribution is -2.07. The molecule has 0 radical (unpaired) electrons. The third kappa shape index (κ3) is 5.14. The zero-order chi connectivity index (χ0) is 40.0. The molecule has 13 rings (SSSR count). The molecule has 0 bridgehead atoms. The Hall–Kier alpha value is -8.00. The van der Waals surface area contributed by atoms with Crippen molar-refractivity contribution in [1.29, 1.82) is 0 Å². The molecule has 0 saturated heterocycles. The molecule has 4 heterocycles. The first-order chi connectivity index (χ1) is 30.3. The molecule has 0 N–H and O–H groups in total. The van der Waals surface area contributed by atoms with Gasteiger partial charge < -0.3 is 4.57 Å². The monoisotopic (exact) mass is 796 g/mol. The summed E-state index contributed by atoms with van der Waals surface area (Å²) in [5, 5.41) is 10.1. The van der Waals surface area contributed by atoms with Gasteiger partial charge in [-0.05, 0) is 51.9 Å². The summed E-state index contributed by atoms with van der Waals surface area (Å²) in [5.41, 5.74) is 9.28. The van der Waals surface area contributed by atoms with Crippen molar-refractivity contribution in [2.75, 3.05) is 0 Å². The molecule has 61 heavy (non-hydrogen) atoms. The predicted molar refractivity (Wildman–Crippen MR) is 253 cm³/mol. The number of nitrogens with zero attached hydrogens (tertiary/aromatic N) is 6. The molecule has 0 unspecified atom stereocenters. The molecule has 13 aromatic rings. The van der Waals surface area contributed by atoms with Crippen molar-refractivity contribution in [3.05, 3.63) is 194 Å². The molecule has 0 atom stereocenters. The standard InChI is InChI=1S/C54H32N6S/c1-3-16-33(17-4-1)51-56-52(43-32-35-20-7-8-21-36(35)37-22-9-10-23-38(37)43)58-54(57-51)60-46-28-14-12-25-40(46)42-31-30-41-39-24-11-13-27-45(39)59(48(41)49(42)60)47-29-15-26-44-50(47)61-53(55-44)34-18-5-2-6-19-34/h1-32H. The highest BCUT2D eigenvalue weighted by atomic mass is 32.1. The molecular formula is C54H32N6S. The summed E-state index contributed by atoms with van der Waals surface area (Å²) in [6.45, 7) is 0. The van der Waals surface area contributed by atoms with Crippen molar-refractivity contribution in [3.8, 4) is 45.0 Å².